The van der Waals surface area contributed by atoms with Gasteiger partial charge in [-0.05, 0) is 43.3 Å². The lowest BCUT2D eigenvalue weighted by molar-refractivity contribution is 0.102. The predicted molar refractivity (Wildman–Crippen MR) is 104 cm³/mol. The molecule has 134 valence electrons. The first-order valence-electron chi connectivity index (χ1n) is 7.93. The Labute approximate surface area is 159 Å². The van der Waals surface area contributed by atoms with Crippen LogP contribution in [-0.2, 0) is 6.54 Å². The number of fused-ring (bicyclic) bond motifs is 1. The molecule has 0 radical (unpaired) electrons. The van der Waals surface area contributed by atoms with E-state index in [4.69, 9.17) is 23.2 Å². The third-order valence-corrected chi connectivity index (χ3v) is 4.45. The van der Waals surface area contributed by atoms with E-state index in [-0.39, 0.29) is 22.7 Å². The molecule has 0 fully saturated rings. The van der Waals surface area contributed by atoms with E-state index in [0.29, 0.717) is 21.5 Å². The highest BCUT2D eigenvalue weighted by atomic mass is 35.5. The molecule has 0 aliphatic rings. The average Bonchev–Trinajstić information content (AvgIpc) is 2.57. The van der Waals surface area contributed by atoms with E-state index in [2.05, 4.69) is 5.32 Å². The summed E-state index contributed by atoms with van der Waals surface area (Å²) >= 11 is 11.9. The molecule has 1 atom stereocenters. The topological polar surface area (TPSA) is 71.3 Å². The molecule has 0 aliphatic carbocycles. The first kappa shape index (κ1) is 18.5. The van der Waals surface area contributed by atoms with E-state index in [1.54, 1.807) is 49.5 Å². The largest absolute Gasteiger partial charge is 0.392 e. The van der Waals surface area contributed by atoms with Gasteiger partial charge in [-0.2, -0.15) is 0 Å². The Bertz CT molecular complexity index is 1040. The molecule has 1 heterocycles. The number of amides is 1. The fourth-order valence-electron chi connectivity index (χ4n) is 2.72. The van der Waals surface area contributed by atoms with Gasteiger partial charge >= 0.3 is 0 Å². The number of hydrogen-bond acceptors (Lipinski definition) is 3. The zero-order chi connectivity index (χ0) is 18.8. The summed E-state index contributed by atoms with van der Waals surface area (Å²) in [6.07, 6.45) is 0.961. The van der Waals surface area contributed by atoms with Crippen molar-refractivity contribution in [3.8, 4) is 0 Å². The highest BCUT2D eigenvalue weighted by molar-refractivity contribution is 6.37. The molecule has 2 aromatic carbocycles. The van der Waals surface area contributed by atoms with Crippen LogP contribution in [0, 0.1) is 0 Å². The van der Waals surface area contributed by atoms with Gasteiger partial charge in [0.15, 0.2) is 0 Å². The van der Waals surface area contributed by atoms with Gasteiger partial charge in [0, 0.05) is 27.7 Å². The smallest absolute Gasteiger partial charge is 0.258 e. The number of rotatable bonds is 4. The molecule has 1 unspecified atom stereocenters. The second-order valence-electron chi connectivity index (χ2n) is 5.97. The van der Waals surface area contributed by atoms with Crippen molar-refractivity contribution in [2.24, 2.45) is 0 Å². The Morgan fingerprint density at radius 2 is 1.96 bits per heavy atom. The van der Waals surface area contributed by atoms with Crippen molar-refractivity contribution in [3.05, 3.63) is 74.6 Å². The molecule has 5 nitrogen and oxygen atoms in total. The number of benzene rings is 2. The first-order valence-corrected chi connectivity index (χ1v) is 8.69. The van der Waals surface area contributed by atoms with Gasteiger partial charge in [-0.3, -0.25) is 9.59 Å². The van der Waals surface area contributed by atoms with Crippen LogP contribution in [0.3, 0.4) is 0 Å². The summed E-state index contributed by atoms with van der Waals surface area (Å²) < 4.78 is 1.44. The Morgan fingerprint density at radius 3 is 2.65 bits per heavy atom. The van der Waals surface area contributed by atoms with Crippen LogP contribution in [0.2, 0.25) is 10.0 Å². The molecule has 1 aromatic heterocycles. The summed E-state index contributed by atoms with van der Waals surface area (Å²) in [7, 11) is 0. The molecule has 7 heteroatoms. The Hall–Kier alpha value is -2.34. The summed E-state index contributed by atoms with van der Waals surface area (Å²) in [6, 6.07) is 11.4. The zero-order valence-corrected chi connectivity index (χ0v) is 15.4. The van der Waals surface area contributed by atoms with E-state index >= 15 is 0 Å². The van der Waals surface area contributed by atoms with Crippen LogP contribution < -0.4 is 10.9 Å². The molecule has 0 saturated heterocycles. The van der Waals surface area contributed by atoms with Crippen LogP contribution in [0.5, 0.6) is 0 Å². The average molecular weight is 391 g/mol. The summed E-state index contributed by atoms with van der Waals surface area (Å²) in [5.74, 6) is -0.396. The van der Waals surface area contributed by atoms with Gasteiger partial charge in [-0.1, -0.05) is 29.3 Å². The van der Waals surface area contributed by atoms with Crippen LogP contribution in [-0.4, -0.2) is 21.7 Å². The van der Waals surface area contributed by atoms with Gasteiger partial charge in [0.05, 0.1) is 23.2 Å². The highest BCUT2D eigenvalue weighted by Gasteiger charge is 2.14. The van der Waals surface area contributed by atoms with Gasteiger partial charge in [0.2, 0.25) is 0 Å². The SMILES string of the molecule is CC(O)Cn1ccc2c(NC(=O)c3ccc(Cl)cc3Cl)cccc2c1=O. The number of pyridine rings is 1. The minimum Gasteiger partial charge on any atom is -0.392 e. The number of halogens is 2. The molecule has 1 amide bonds. The molecule has 26 heavy (non-hydrogen) atoms. The standard InChI is InChI=1S/C19H16Cl2N2O3/c1-11(24)10-23-8-7-13-14(19(23)26)3-2-4-17(13)22-18(25)15-6-5-12(20)9-16(15)21/h2-9,11,24H,10H2,1H3,(H,22,25). The van der Waals surface area contributed by atoms with Crippen molar-refractivity contribution in [1.29, 1.82) is 0 Å². The van der Waals surface area contributed by atoms with Gasteiger partial charge in [-0.15, -0.1) is 0 Å². The molecule has 3 aromatic rings. The number of carbonyl (C=O) groups is 1. The fourth-order valence-corrected chi connectivity index (χ4v) is 3.21. The third kappa shape index (κ3) is 3.75. The first-order chi connectivity index (χ1) is 12.4. The number of aliphatic hydroxyl groups is 1. The molecular weight excluding hydrogens is 375 g/mol. The minimum atomic E-state index is -0.639. The second-order valence-corrected chi connectivity index (χ2v) is 6.81. The van der Waals surface area contributed by atoms with Crippen LogP contribution in [0.4, 0.5) is 5.69 Å². The van der Waals surface area contributed by atoms with Gasteiger partial charge < -0.3 is 15.0 Å². The van der Waals surface area contributed by atoms with Crippen LogP contribution in [0.1, 0.15) is 17.3 Å². The number of carbonyl (C=O) groups excluding carboxylic acids is 1. The van der Waals surface area contributed by atoms with Crippen molar-refractivity contribution < 1.29 is 9.90 Å². The maximum atomic E-state index is 12.6. The molecule has 3 rings (SSSR count). The number of anilines is 1. The highest BCUT2D eigenvalue weighted by Crippen LogP contribution is 2.25. The maximum Gasteiger partial charge on any atom is 0.258 e. The second kappa shape index (κ2) is 7.50. The van der Waals surface area contributed by atoms with Gasteiger partial charge in [0.25, 0.3) is 11.5 Å². The summed E-state index contributed by atoms with van der Waals surface area (Å²) in [6.45, 7) is 1.81. The van der Waals surface area contributed by atoms with Crippen molar-refractivity contribution in [1.82, 2.24) is 4.57 Å². The summed E-state index contributed by atoms with van der Waals surface area (Å²) in [4.78, 5) is 25.1. The Balaban J connectivity index is 1.99. The monoisotopic (exact) mass is 390 g/mol. The molecule has 0 saturated carbocycles. The fraction of sp³-hybridized carbons (Fsp3) is 0.158. The van der Waals surface area contributed by atoms with Crippen molar-refractivity contribution in [3.63, 3.8) is 0 Å². The predicted octanol–water partition coefficient (Wildman–Crippen LogP) is 3.94. The number of aromatic nitrogens is 1. The van der Waals surface area contributed by atoms with Crippen molar-refractivity contribution >= 4 is 45.6 Å². The van der Waals surface area contributed by atoms with E-state index in [0.717, 1.165) is 0 Å². The minimum absolute atomic E-state index is 0.200. The number of aliphatic hydroxyl groups excluding tert-OH is 1. The van der Waals surface area contributed by atoms with E-state index in [1.165, 1.54) is 10.6 Å². The van der Waals surface area contributed by atoms with Gasteiger partial charge in [0.1, 0.15) is 0 Å². The molecule has 0 aliphatic heterocycles. The van der Waals surface area contributed by atoms with Crippen molar-refractivity contribution in [2.75, 3.05) is 5.32 Å². The molecule has 2 N–H and O–H groups in total. The molecular formula is C19H16Cl2N2O3. The number of nitrogens with zero attached hydrogens (tertiary/aromatic N) is 1. The van der Waals surface area contributed by atoms with Gasteiger partial charge in [-0.25, -0.2) is 0 Å². The van der Waals surface area contributed by atoms with Crippen LogP contribution in [0.15, 0.2) is 53.5 Å². The van der Waals surface area contributed by atoms with Crippen molar-refractivity contribution in [2.45, 2.75) is 19.6 Å². The molecule has 0 spiro atoms. The third-order valence-electron chi connectivity index (χ3n) is 3.90. The quantitative estimate of drug-likeness (QED) is 0.708. The van der Waals surface area contributed by atoms with E-state index in [9.17, 15) is 14.7 Å². The number of nitrogens with one attached hydrogen (secondary N) is 1. The lowest BCUT2D eigenvalue weighted by Gasteiger charge is -2.12. The summed E-state index contributed by atoms with van der Waals surface area (Å²) in [5, 5.41) is 14.0. The lowest BCUT2D eigenvalue weighted by Crippen LogP contribution is -2.25. The lowest BCUT2D eigenvalue weighted by atomic mass is 10.1. The molecule has 0 bridgehead atoms. The normalized spacial score (nSPS) is 12.2. The van der Waals surface area contributed by atoms with E-state index < -0.39 is 12.0 Å². The Morgan fingerprint density at radius 1 is 1.19 bits per heavy atom. The summed E-state index contributed by atoms with van der Waals surface area (Å²) in [5.41, 5.74) is 0.555. The van der Waals surface area contributed by atoms with Crippen LogP contribution in [0.25, 0.3) is 10.8 Å². The number of hydrogen-bond donors (Lipinski definition) is 2. The van der Waals surface area contributed by atoms with E-state index in [1.807, 2.05) is 0 Å². The zero-order valence-electron chi connectivity index (χ0n) is 13.9. The maximum absolute atomic E-state index is 12.6. The van der Waals surface area contributed by atoms with Crippen LogP contribution >= 0.6 is 23.2 Å². The Kier molecular flexibility index (Phi) is 5.32.